The molecular formula is C8H11IN4S. The lowest BCUT2D eigenvalue weighted by molar-refractivity contribution is 0.709. The number of halogens is 1. The minimum Gasteiger partial charge on any atom is -0.317 e. The lowest BCUT2D eigenvalue weighted by Gasteiger charge is -2.15. The molecule has 6 heteroatoms. The Morgan fingerprint density at radius 2 is 2.29 bits per heavy atom. The monoisotopic (exact) mass is 322 g/mol. The maximum Gasteiger partial charge on any atom is 0.198 e. The third-order valence-electron chi connectivity index (χ3n) is 1.66. The highest BCUT2D eigenvalue weighted by atomic mass is 127. The molecule has 0 bridgehead atoms. The molecule has 1 aromatic rings. The van der Waals surface area contributed by atoms with E-state index in [0.29, 0.717) is 4.77 Å². The van der Waals surface area contributed by atoms with E-state index in [4.69, 9.17) is 12.2 Å². The largest absolute Gasteiger partial charge is 0.317 e. The highest BCUT2D eigenvalue weighted by molar-refractivity contribution is 14.1. The van der Waals surface area contributed by atoms with Crippen LogP contribution >= 0.6 is 35.1 Å². The summed E-state index contributed by atoms with van der Waals surface area (Å²) in [6.07, 6.45) is 5.70. The summed E-state index contributed by atoms with van der Waals surface area (Å²) in [5, 5.41) is 0. The van der Waals surface area contributed by atoms with E-state index in [1.165, 1.54) is 0 Å². The molecule has 76 valence electrons. The van der Waals surface area contributed by atoms with Crippen molar-refractivity contribution in [2.24, 2.45) is 0 Å². The fourth-order valence-corrected chi connectivity index (χ4v) is 1.71. The molecule has 0 atom stereocenters. The van der Waals surface area contributed by atoms with Crippen molar-refractivity contribution < 1.29 is 0 Å². The normalized spacial score (nSPS) is 14.4. The zero-order valence-corrected chi connectivity index (χ0v) is 9.62. The van der Waals surface area contributed by atoms with Gasteiger partial charge in [0, 0.05) is 18.6 Å². The third kappa shape index (κ3) is 2.44. The second-order valence-electron chi connectivity index (χ2n) is 2.57. The predicted octanol–water partition coefficient (Wildman–Crippen LogP) is 2.68. The first kappa shape index (κ1) is 11.4. The van der Waals surface area contributed by atoms with E-state index in [1.54, 1.807) is 6.20 Å². The molecule has 1 aliphatic heterocycles. The van der Waals surface area contributed by atoms with Crippen LogP contribution in [0.5, 0.6) is 0 Å². The second-order valence-corrected chi connectivity index (χ2v) is 4.20. The number of hydrogen-bond acceptors (Lipinski definition) is 4. The standard InChI is InChI=1S/C7H7IN4S.CH4/c8-12-4-3-11(5-12)6-1-2-9-7(13)10-6;/h1-4H,5H2,(H,9,10,13);1H4. The predicted molar refractivity (Wildman–Crippen MR) is 68.5 cm³/mol. The van der Waals surface area contributed by atoms with Gasteiger partial charge in [0.15, 0.2) is 4.77 Å². The van der Waals surface area contributed by atoms with Gasteiger partial charge in [-0.05, 0) is 18.3 Å². The first-order chi connectivity index (χ1) is 6.25. The zero-order valence-electron chi connectivity index (χ0n) is 6.64. The Morgan fingerprint density at radius 3 is 2.86 bits per heavy atom. The average molecular weight is 322 g/mol. The Morgan fingerprint density at radius 1 is 1.50 bits per heavy atom. The molecule has 1 aliphatic rings. The van der Waals surface area contributed by atoms with E-state index >= 15 is 0 Å². The molecule has 0 fully saturated rings. The molecule has 0 aromatic carbocycles. The van der Waals surface area contributed by atoms with E-state index in [0.717, 1.165) is 12.5 Å². The summed E-state index contributed by atoms with van der Waals surface area (Å²) in [7, 11) is 0. The van der Waals surface area contributed by atoms with Gasteiger partial charge in [-0.3, -0.25) is 0 Å². The molecule has 0 amide bonds. The lowest BCUT2D eigenvalue weighted by atomic mass is 10.5. The molecule has 2 rings (SSSR count). The number of nitrogens with one attached hydrogen (secondary N) is 1. The lowest BCUT2D eigenvalue weighted by Crippen LogP contribution is -2.19. The van der Waals surface area contributed by atoms with Crippen molar-refractivity contribution >= 4 is 40.9 Å². The maximum atomic E-state index is 4.93. The van der Waals surface area contributed by atoms with Gasteiger partial charge in [0.25, 0.3) is 0 Å². The Balaban J connectivity index is 0.000000980. The molecule has 1 N–H and O–H groups in total. The minimum atomic E-state index is 0. The van der Waals surface area contributed by atoms with Crippen molar-refractivity contribution in [2.45, 2.75) is 7.43 Å². The van der Waals surface area contributed by atoms with Crippen LogP contribution in [0.3, 0.4) is 0 Å². The van der Waals surface area contributed by atoms with Gasteiger partial charge < -0.3 is 13.0 Å². The van der Waals surface area contributed by atoms with Crippen LogP contribution in [-0.4, -0.2) is 19.7 Å². The van der Waals surface area contributed by atoms with Crippen molar-refractivity contribution in [1.82, 2.24) is 13.1 Å². The summed E-state index contributed by atoms with van der Waals surface area (Å²) < 4.78 is 2.56. The molecule has 14 heavy (non-hydrogen) atoms. The molecule has 0 aliphatic carbocycles. The van der Waals surface area contributed by atoms with Crippen LogP contribution in [-0.2, 0) is 0 Å². The van der Waals surface area contributed by atoms with Crippen LogP contribution in [0.1, 0.15) is 7.43 Å². The fraction of sp³-hybridized carbons (Fsp3) is 0.250. The average Bonchev–Trinajstić information content (AvgIpc) is 2.52. The van der Waals surface area contributed by atoms with Gasteiger partial charge >= 0.3 is 0 Å². The molecule has 0 unspecified atom stereocenters. The van der Waals surface area contributed by atoms with Crippen LogP contribution in [0.4, 0.5) is 5.82 Å². The van der Waals surface area contributed by atoms with Crippen molar-refractivity contribution in [1.29, 1.82) is 0 Å². The number of aromatic amines is 1. The quantitative estimate of drug-likeness (QED) is 0.490. The van der Waals surface area contributed by atoms with Gasteiger partial charge in [0.1, 0.15) is 12.5 Å². The van der Waals surface area contributed by atoms with Crippen LogP contribution in [0, 0.1) is 4.77 Å². The summed E-state index contributed by atoms with van der Waals surface area (Å²) in [5.74, 6) is 0.968. The number of hydrogen-bond donors (Lipinski definition) is 1. The molecule has 0 spiro atoms. The SMILES string of the molecule is C.S=c1nccc(N2C=CN(I)C2)[nH]1. The number of anilines is 1. The Hall–Kier alpha value is -0.630. The van der Waals surface area contributed by atoms with Crippen LogP contribution in [0.2, 0.25) is 0 Å². The van der Waals surface area contributed by atoms with Gasteiger partial charge in [-0.25, -0.2) is 4.98 Å². The number of nitrogens with zero attached hydrogens (tertiary/aromatic N) is 3. The van der Waals surface area contributed by atoms with Crippen LogP contribution in [0.15, 0.2) is 24.7 Å². The van der Waals surface area contributed by atoms with Crippen molar-refractivity contribution in [3.63, 3.8) is 0 Å². The Labute approximate surface area is 102 Å². The molecule has 4 nitrogen and oxygen atoms in total. The minimum absolute atomic E-state index is 0. The topological polar surface area (TPSA) is 35.2 Å². The Bertz CT molecular complexity index is 389. The van der Waals surface area contributed by atoms with Gasteiger partial charge in [-0.2, -0.15) is 0 Å². The van der Waals surface area contributed by atoms with Crippen LogP contribution < -0.4 is 4.90 Å². The maximum absolute atomic E-state index is 4.93. The first-order valence-corrected chi connectivity index (χ1v) is 5.06. The fourth-order valence-electron chi connectivity index (χ4n) is 1.08. The van der Waals surface area contributed by atoms with E-state index in [9.17, 15) is 0 Å². The van der Waals surface area contributed by atoms with Gasteiger partial charge in [-0.15, -0.1) is 0 Å². The summed E-state index contributed by atoms with van der Waals surface area (Å²) in [4.78, 5) is 9.00. The highest BCUT2D eigenvalue weighted by Crippen LogP contribution is 2.17. The summed E-state index contributed by atoms with van der Waals surface area (Å²) in [6.45, 7) is 0.829. The van der Waals surface area contributed by atoms with Crippen molar-refractivity contribution in [2.75, 3.05) is 11.6 Å². The highest BCUT2D eigenvalue weighted by Gasteiger charge is 2.11. The van der Waals surface area contributed by atoms with E-state index in [2.05, 4.69) is 40.8 Å². The molecule has 1 aromatic heterocycles. The van der Waals surface area contributed by atoms with E-state index in [-0.39, 0.29) is 7.43 Å². The first-order valence-electron chi connectivity index (χ1n) is 3.68. The van der Waals surface area contributed by atoms with Crippen molar-refractivity contribution in [3.8, 4) is 0 Å². The zero-order chi connectivity index (χ0) is 9.26. The number of rotatable bonds is 1. The molecule has 0 saturated heterocycles. The van der Waals surface area contributed by atoms with E-state index in [1.807, 2.05) is 18.5 Å². The molecule has 2 heterocycles. The second kappa shape index (κ2) is 4.74. The third-order valence-corrected chi connectivity index (χ3v) is 2.50. The van der Waals surface area contributed by atoms with E-state index < -0.39 is 0 Å². The summed E-state index contributed by atoms with van der Waals surface area (Å²) in [6, 6.07) is 1.90. The smallest absolute Gasteiger partial charge is 0.198 e. The van der Waals surface area contributed by atoms with Crippen LogP contribution in [0.25, 0.3) is 0 Å². The molecular weight excluding hydrogens is 311 g/mol. The summed E-state index contributed by atoms with van der Waals surface area (Å²) in [5.41, 5.74) is 0. The Kier molecular flexibility index (Phi) is 3.87. The van der Waals surface area contributed by atoms with Gasteiger partial charge in [0.2, 0.25) is 0 Å². The number of H-pyrrole nitrogens is 1. The van der Waals surface area contributed by atoms with Gasteiger partial charge in [0.05, 0.1) is 22.9 Å². The summed E-state index contributed by atoms with van der Waals surface area (Å²) >= 11 is 7.16. The molecule has 0 saturated carbocycles. The van der Waals surface area contributed by atoms with Crippen molar-refractivity contribution in [3.05, 3.63) is 29.4 Å². The van der Waals surface area contributed by atoms with Gasteiger partial charge in [-0.1, -0.05) is 7.43 Å². The number of aromatic nitrogens is 2. The molecule has 0 radical (unpaired) electrons.